The van der Waals surface area contributed by atoms with Crippen molar-refractivity contribution in [3.63, 3.8) is 0 Å². The van der Waals surface area contributed by atoms with E-state index in [-0.39, 0.29) is 13.2 Å². The van der Waals surface area contributed by atoms with Gasteiger partial charge in [-0.2, -0.15) is 4.98 Å². The largest absolute Gasteiger partial charge is 0.491 e. The van der Waals surface area contributed by atoms with Crippen LogP contribution in [-0.4, -0.2) is 65.8 Å². The van der Waals surface area contributed by atoms with Crippen molar-refractivity contribution in [2.75, 3.05) is 44.0 Å². The number of primary amides is 1. The molecule has 0 radical (unpaired) electrons. The molecule has 3 aromatic rings. The first-order valence-corrected chi connectivity index (χ1v) is 10.2. The number of anilines is 4. The maximum absolute atomic E-state index is 11.6. The summed E-state index contributed by atoms with van der Waals surface area (Å²) in [5.41, 5.74) is 7.01. The quantitative estimate of drug-likeness (QED) is 0.419. The summed E-state index contributed by atoms with van der Waals surface area (Å²) in [6.07, 6.45) is 1.05. The molecule has 1 atom stereocenters. The highest BCUT2D eigenvalue weighted by Crippen LogP contribution is 2.24. The van der Waals surface area contributed by atoms with Crippen LogP contribution in [0.15, 0.2) is 66.9 Å². The molecule has 0 aliphatic rings. The standard InChI is InChI=1S/C23H28N6O3/c1-28(2)14-19(30)16-32-20-10-8-17(9-11-20)26-23-25-13-12-22(27-23)29(15-21(24)31)18-6-4-3-5-7-18/h3-13,19,30H,14-16H2,1-2H3,(H2,24,31)(H,25,26,27). The lowest BCUT2D eigenvalue weighted by Gasteiger charge is -2.22. The molecular formula is C23H28N6O3. The van der Waals surface area contributed by atoms with E-state index in [0.29, 0.717) is 24.1 Å². The van der Waals surface area contributed by atoms with Gasteiger partial charge in [-0.1, -0.05) is 18.2 Å². The molecule has 32 heavy (non-hydrogen) atoms. The number of aliphatic hydroxyl groups excluding tert-OH is 1. The zero-order valence-corrected chi connectivity index (χ0v) is 18.2. The Morgan fingerprint density at radius 1 is 1.12 bits per heavy atom. The van der Waals surface area contributed by atoms with E-state index < -0.39 is 12.0 Å². The summed E-state index contributed by atoms with van der Waals surface area (Å²) >= 11 is 0. The fourth-order valence-electron chi connectivity index (χ4n) is 3.06. The monoisotopic (exact) mass is 436 g/mol. The summed E-state index contributed by atoms with van der Waals surface area (Å²) in [7, 11) is 3.79. The van der Waals surface area contributed by atoms with Gasteiger partial charge in [0.2, 0.25) is 11.9 Å². The van der Waals surface area contributed by atoms with Gasteiger partial charge in [-0.05, 0) is 56.6 Å². The number of carbonyl (C=O) groups excluding carboxylic acids is 1. The summed E-state index contributed by atoms with van der Waals surface area (Å²) in [5.74, 6) is 1.11. The van der Waals surface area contributed by atoms with Crippen molar-refractivity contribution in [2.24, 2.45) is 5.73 Å². The van der Waals surface area contributed by atoms with Crippen molar-refractivity contribution in [1.29, 1.82) is 0 Å². The highest BCUT2D eigenvalue weighted by atomic mass is 16.5. The van der Waals surface area contributed by atoms with Crippen molar-refractivity contribution in [3.05, 3.63) is 66.9 Å². The molecule has 1 aromatic heterocycles. The highest BCUT2D eigenvalue weighted by Gasteiger charge is 2.14. The van der Waals surface area contributed by atoms with Crippen LogP contribution < -0.4 is 20.7 Å². The van der Waals surface area contributed by atoms with Crippen LogP contribution in [0, 0.1) is 0 Å². The summed E-state index contributed by atoms with van der Waals surface area (Å²) < 4.78 is 5.62. The first-order chi connectivity index (χ1) is 15.4. The van der Waals surface area contributed by atoms with Crippen LogP contribution in [0.5, 0.6) is 5.75 Å². The second-order valence-corrected chi connectivity index (χ2v) is 7.50. The molecule has 0 saturated carbocycles. The number of hydrogen-bond donors (Lipinski definition) is 3. The lowest BCUT2D eigenvalue weighted by atomic mass is 10.2. The molecule has 0 bridgehead atoms. The van der Waals surface area contributed by atoms with E-state index in [1.807, 2.05) is 61.5 Å². The Balaban J connectivity index is 1.68. The highest BCUT2D eigenvalue weighted by molar-refractivity contribution is 5.82. The lowest BCUT2D eigenvalue weighted by molar-refractivity contribution is -0.116. The molecule has 168 valence electrons. The number of nitrogens with zero attached hydrogens (tertiary/aromatic N) is 4. The average molecular weight is 437 g/mol. The second-order valence-electron chi connectivity index (χ2n) is 7.50. The maximum Gasteiger partial charge on any atom is 0.237 e. The van der Waals surface area contributed by atoms with E-state index >= 15 is 0 Å². The van der Waals surface area contributed by atoms with Crippen LogP contribution in [-0.2, 0) is 4.79 Å². The van der Waals surface area contributed by atoms with Crippen LogP contribution in [0.2, 0.25) is 0 Å². The molecule has 4 N–H and O–H groups in total. The Labute approximate surface area is 187 Å². The Kier molecular flexibility index (Phi) is 7.96. The van der Waals surface area contributed by atoms with Gasteiger partial charge in [0.25, 0.3) is 0 Å². The van der Waals surface area contributed by atoms with E-state index in [2.05, 4.69) is 15.3 Å². The van der Waals surface area contributed by atoms with Gasteiger partial charge in [0.05, 0.1) is 0 Å². The Hall–Kier alpha value is -3.69. The van der Waals surface area contributed by atoms with E-state index in [1.165, 1.54) is 0 Å². The molecule has 0 aliphatic heterocycles. The van der Waals surface area contributed by atoms with Crippen molar-refractivity contribution < 1.29 is 14.6 Å². The summed E-state index contributed by atoms with van der Waals surface area (Å²) in [6.45, 7) is 0.737. The minimum absolute atomic E-state index is 0.00776. The third-order valence-electron chi connectivity index (χ3n) is 4.43. The number of rotatable bonds is 11. The molecule has 0 fully saturated rings. The van der Waals surface area contributed by atoms with Crippen LogP contribution in [0.1, 0.15) is 0 Å². The van der Waals surface area contributed by atoms with Crippen molar-refractivity contribution >= 4 is 29.0 Å². The Morgan fingerprint density at radius 2 is 1.84 bits per heavy atom. The van der Waals surface area contributed by atoms with Gasteiger partial charge in [-0.3, -0.25) is 4.79 Å². The number of para-hydroxylation sites is 1. The SMILES string of the molecule is CN(C)CC(O)COc1ccc(Nc2nccc(N(CC(N)=O)c3ccccc3)n2)cc1. The predicted octanol–water partition coefficient (Wildman–Crippen LogP) is 2.14. The molecule has 9 nitrogen and oxygen atoms in total. The number of likely N-dealkylation sites (N-methyl/N-ethyl adjacent to an activating group) is 1. The lowest BCUT2D eigenvalue weighted by Crippen LogP contribution is -2.30. The molecule has 1 amide bonds. The van der Waals surface area contributed by atoms with E-state index in [1.54, 1.807) is 29.3 Å². The molecule has 1 unspecified atom stereocenters. The number of nitrogens with one attached hydrogen (secondary N) is 1. The number of carbonyl (C=O) groups is 1. The van der Waals surface area contributed by atoms with Gasteiger partial charge in [0.1, 0.15) is 30.8 Å². The number of amides is 1. The minimum atomic E-state index is -0.563. The zero-order valence-electron chi connectivity index (χ0n) is 18.2. The Morgan fingerprint density at radius 3 is 2.50 bits per heavy atom. The maximum atomic E-state index is 11.6. The van der Waals surface area contributed by atoms with Crippen LogP contribution in [0.3, 0.4) is 0 Å². The van der Waals surface area contributed by atoms with Gasteiger partial charge in [0.15, 0.2) is 0 Å². The zero-order chi connectivity index (χ0) is 22.9. The second kappa shape index (κ2) is 11.1. The van der Waals surface area contributed by atoms with Gasteiger partial charge in [-0.25, -0.2) is 4.98 Å². The molecule has 0 aliphatic carbocycles. The fraction of sp³-hybridized carbons (Fsp3) is 0.261. The van der Waals surface area contributed by atoms with Gasteiger partial charge in [0, 0.05) is 24.1 Å². The average Bonchev–Trinajstić information content (AvgIpc) is 2.77. The predicted molar refractivity (Wildman–Crippen MR) is 124 cm³/mol. The first-order valence-electron chi connectivity index (χ1n) is 10.2. The third-order valence-corrected chi connectivity index (χ3v) is 4.43. The van der Waals surface area contributed by atoms with Gasteiger partial charge >= 0.3 is 0 Å². The number of aromatic nitrogens is 2. The smallest absolute Gasteiger partial charge is 0.237 e. The van der Waals surface area contributed by atoms with Gasteiger partial charge in [-0.15, -0.1) is 0 Å². The number of aliphatic hydroxyl groups is 1. The number of nitrogens with two attached hydrogens (primary N) is 1. The summed E-state index contributed by atoms with van der Waals surface area (Å²) in [6, 6.07) is 18.4. The summed E-state index contributed by atoms with van der Waals surface area (Å²) in [4.78, 5) is 24.0. The molecule has 9 heteroatoms. The molecule has 1 heterocycles. The Bertz CT molecular complexity index is 998. The van der Waals surface area contributed by atoms with Gasteiger partial charge < -0.3 is 30.7 Å². The number of ether oxygens (including phenoxy) is 1. The molecule has 0 spiro atoms. The molecule has 0 saturated heterocycles. The molecule has 3 rings (SSSR count). The van der Waals surface area contributed by atoms with Crippen molar-refractivity contribution in [2.45, 2.75) is 6.10 Å². The number of benzene rings is 2. The summed E-state index contributed by atoms with van der Waals surface area (Å²) in [5, 5.41) is 13.1. The van der Waals surface area contributed by atoms with E-state index in [9.17, 15) is 9.90 Å². The van der Waals surface area contributed by atoms with E-state index in [0.717, 1.165) is 11.4 Å². The van der Waals surface area contributed by atoms with Crippen LogP contribution >= 0.6 is 0 Å². The third kappa shape index (κ3) is 6.93. The van der Waals surface area contributed by atoms with Crippen molar-refractivity contribution in [3.8, 4) is 5.75 Å². The minimum Gasteiger partial charge on any atom is -0.491 e. The normalized spacial score (nSPS) is 11.8. The number of hydrogen-bond acceptors (Lipinski definition) is 8. The van der Waals surface area contributed by atoms with Crippen LogP contribution in [0.25, 0.3) is 0 Å². The topological polar surface area (TPSA) is 117 Å². The van der Waals surface area contributed by atoms with E-state index in [4.69, 9.17) is 10.5 Å². The fourth-order valence-corrected chi connectivity index (χ4v) is 3.06. The first kappa shape index (κ1) is 23.0. The molecule has 2 aromatic carbocycles. The van der Waals surface area contributed by atoms with Crippen LogP contribution in [0.4, 0.5) is 23.1 Å². The van der Waals surface area contributed by atoms with Crippen molar-refractivity contribution in [1.82, 2.24) is 14.9 Å². The molecular weight excluding hydrogens is 408 g/mol.